The summed E-state index contributed by atoms with van der Waals surface area (Å²) in [5, 5.41) is 7.52. The lowest BCUT2D eigenvalue weighted by molar-refractivity contribution is 0.380. The number of nitrogens with zero attached hydrogens (tertiary/aromatic N) is 3. The summed E-state index contributed by atoms with van der Waals surface area (Å²) >= 11 is 11.8. The van der Waals surface area contributed by atoms with Crippen LogP contribution in [0.15, 0.2) is 36.9 Å². The van der Waals surface area contributed by atoms with E-state index in [1.54, 1.807) is 12.1 Å². The Morgan fingerprint density at radius 2 is 1.92 bits per heavy atom. The first-order valence-corrected chi connectivity index (χ1v) is 8.90. The van der Waals surface area contributed by atoms with Crippen LogP contribution in [0.4, 0.5) is 5.82 Å². The summed E-state index contributed by atoms with van der Waals surface area (Å²) in [6.45, 7) is 1.35. The van der Waals surface area contributed by atoms with E-state index in [4.69, 9.17) is 33.5 Å². The highest BCUT2D eigenvalue weighted by molar-refractivity contribution is 7.90. The molecule has 0 aliphatic rings. The number of rotatable bonds is 4. The molecule has 0 radical (unpaired) electrons. The van der Waals surface area contributed by atoms with Gasteiger partial charge in [0, 0.05) is 6.42 Å². The molecule has 0 unspecified atom stereocenters. The Balaban J connectivity index is 2.11. The molecule has 3 rings (SSSR count). The minimum absolute atomic E-state index is 0.0495. The van der Waals surface area contributed by atoms with Gasteiger partial charge in [-0.3, -0.25) is 4.52 Å². The van der Waals surface area contributed by atoms with E-state index in [0.717, 1.165) is 0 Å². The van der Waals surface area contributed by atoms with Crippen LogP contribution in [0.2, 0.25) is 10.0 Å². The molecule has 25 heavy (non-hydrogen) atoms. The quantitative estimate of drug-likeness (QED) is 0.695. The Bertz CT molecular complexity index is 1100. The molecule has 2 N–H and O–H groups in total. The van der Waals surface area contributed by atoms with E-state index in [9.17, 15) is 13.2 Å². The molecule has 1 aromatic carbocycles. The topological polar surface area (TPSA) is 134 Å². The number of halogens is 2. The fourth-order valence-electron chi connectivity index (χ4n) is 2.23. The maximum Gasteiger partial charge on any atom is 0.456 e. The number of hydrogen-bond acceptors (Lipinski definition) is 8. The van der Waals surface area contributed by atoms with Gasteiger partial charge in [0.2, 0.25) is 0 Å². The van der Waals surface area contributed by atoms with Gasteiger partial charge in [-0.05, 0) is 24.6 Å². The van der Waals surface area contributed by atoms with Crippen LogP contribution in [0.1, 0.15) is 17.1 Å². The SMILES string of the molecule is Cc1onc(N)c1S(=O)(=O)n1c(Cc2ccc(Cl)c(Cl)c2)noc1=O. The molecule has 2 heterocycles. The Morgan fingerprint density at radius 1 is 1.20 bits per heavy atom. The van der Waals surface area contributed by atoms with Crippen LogP contribution in [0, 0.1) is 6.92 Å². The highest BCUT2D eigenvalue weighted by Gasteiger charge is 2.32. The monoisotopic (exact) mass is 404 g/mol. The van der Waals surface area contributed by atoms with Crippen molar-refractivity contribution in [3.63, 3.8) is 0 Å². The van der Waals surface area contributed by atoms with E-state index in [2.05, 4.69) is 14.8 Å². The number of hydrogen-bond donors (Lipinski definition) is 1. The number of aryl methyl sites for hydroxylation is 1. The molecule has 0 saturated heterocycles. The van der Waals surface area contributed by atoms with Crippen molar-refractivity contribution in [3.8, 4) is 0 Å². The molecule has 0 amide bonds. The van der Waals surface area contributed by atoms with Crippen molar-refractivity contribution in [2.45, 2.75) is 18.2 Å². The second-order valence-electron chi connectivity index (χ2n) is 5.01. The molecule has 0 bridgehead atoms. The predicted octanol–water partition coefficient (Wildman–Crippen LogP) is 1.85. The summed E-state index contributed by atoms with van der Waals surface area (Å²) in [4.78, 5) is 11.5. The summed E-state index contributed by atoms with van der Waals surface area (Å²) in [5.74, 6) is -1.78. The van der Waals surface area contributed by atoms with Crippen LogP contribution in [0.5, 0.6) is 0 Å². The van der Waals surface area contributed by atoms with Crippen LogP contribution in [-0.2, 0) is 16.4 Å². The Morgan fingerprint density at radius 3 is 2.52 bits per heavy atom. The van der Waals surface area contributed by atoms with Crippen molar-refractivity contribution in [1.82, 2.24) is 14.3 Å². The smallest absolute Gasteiger partial charge is 0.380 e. The van der Waals surface area contributed by atoms with E-state index in [-0.39, 0.29) is 28.8 Å². The Kier molecular flexibility index (Phi) is 4.35. The molecule has 9 nitrogen and oxygen atoms in total. The molecule has 0 saturated carbocycles. The van der Waals surface area contributed by atoms with Gasteiger partial charge in [-0.1, -0.05) is 39.6 Å². The molecule has 0 atom stereocenters. The minimum Gasteiger partial charge on any atom is -0.380 e. The lowest BCUT2D eigenvalue weighted by atomic mass is 10.1. The molecule has 0 fully saturated rings. The van der Waals surface area contributed by atoms with Gasteiger partial charge in [0.15, 0.2) is 22.3 Å². The van der Waals surface area contributed by atoms with Crippen molar-refractivity contribution in [2.75, 3.05) is 5.73 Å². The van der Waals surface area contributed by atoms with Gasteiger partial charge in [0.1, 0.15) is 0 Å². The van der Waals surface area contributed by atoms with Gasteiger partial charge in [0.25, 0.3) is 10.0 Å². The second kappa shape index (κ2) is 6.21. The van der Waals surface area contributed by atoms with Crippen LogP contribution < -0.4 is 11.5 Å². The summed E-state index contributed by atoms with van der Waals surface area (Å²) in [7, 11) is -4.41. The van der Waals surface area contributed by atoms with Crippen LogP contribution >= 0.6 is 23.2 Å². The average molecular weight is 405 g/mol. The van der Waals surface area contributed by atoms with Gasteiger partial charge >= 0.3 is 5.76 Å². The van der Waals surface area contributed by atoms with Crippen molar-refractivity contribution >= 4 is 39.0 Å². The van der Waals surface area contributed by atoms with E-state index in [1.165, 1.54) is 13.0 Å². The standard InChI is InChI=1S/C13H10Cl2N4O5S/c1-6-11(12(16)18-23-6)25(21,22)19-10(17-24-13(19)20)5-7-2-3-8(14)9(15)4-7/h2-4H,5H2,1H3,(H2,16,18). The van der Waals surface area contributed by atoms with Crippen molar-refractivity contribution in [3.05, 3.63) is 55.9 Å². The van der Waals surface area contributed by atoms with Gasteiger partial charge in [-0.15, -0.1) is 3.97 Å². The molecule has 0 aliphatic heterocycles. The van der Waals surface area contributed by atoms with Gasteiger partial charge in [-0.2, -0.15) is 0 Å². The predicted molar refractivity (Wildman–Crippen MR) is 88.3 cm³/mol. The molecule has 3 aromatic rings. The van der Waals surface area contributed by atoms with Crippen LogP contribution in [0.3, 0.4) is 0 Å². The fourth-order valence-corrected chi connectivity index (χ4v) is 4.04. The molecular formula is C13H10Cl2N4O5S. The number of nitrogens with two attached hydrogens (primary N) is 1. The zero-order chi connectivity index (χ0) is 18.4. The molecular weight excluding hydrogens is 395 g/mol. The fraction of sp³-hybridized carbons (Fsp3) is 0.154. The summed E-state index contributed by atoms with van der Waals surface area (Å²) in [5.41, 5.74) is 6.11. The van der Waals surface area contributed by atoms with E-state index < -0.39 is 20.7 Å². The first kappa shape index (κ1) is 17.5. The number of anilines is 1. The third kappa shape index (κ3) is 3.03. The van der Waals surface area contributed by atoms with Crippen LogP contribution in [0.25, 0.3) is 0 Å². The summed E-state index contributed by atoms with van der Waals surface area (Å²) in [6.07, 6.45) is -0.0495. The minimum atomic E-state index is -4.41. The van der Waals surface area contributed by atoms with Crippen molar-refractivity contribution < 1.29 is 17.5 Å². The zero-order valence-electron chi connectivity index (χ0n) is 12.6. The number of nitrogen functional groups attached to an aromatic ring is 1. The maximum absolute atomic E-state index is 12.8. The summed E-state index contributed by atoms with van der Waals surface area (Å²) in [6, 6.07) is 4.68. The highest BCUT2D eigenvalue weighted by Crippen LogP contribution is 2.26. The van der Waals surface area contributed by atoms with E-state index in [0.29, 0.717) is 14.6 Å². The first-order chi connectivity index (χ1) is 11.7. The van der Waals surface area contributed by atoms with E-state index in [1.807, 2.05) is 0 Å². The van der Waals surface area contributed by atoms with E-state index >= 15 is 0 Å². The molecule has 0 aliphatic carbocycles. The maximum atomic E-state index is 12.8. The summed E-state index contributed by atoms with van der Waals surface area (Å²) < 4.78 is 35.2. The first-order valence-electron chi connectivity index (χ1n) is 6.70. The van der Waals surface area contributed by atoms with Gasteiger partial charge in [-0.25, -0.2) is 13.2 Å². The molecule has 132 valence electrons. The number of aromatic nitrogens is 3. The van der Waals surface area contributed by atoms with Gasteiger partial charge in [0.05, 0.1) is 10.0 Å². The Hall–Kier alpha value is -2.30. The third-order valence-electron chi connectivity index (χ3n) is 3.31. The lowest BCUT2D eigenvalue weighted by Gasteiger charge is -2.06. The lowest BCUT2D eigenvalue weighted by Crippen LogP contribution is -2.27. The largest absolute Gasteiger partial charge is 0.456 e. The van der Waals surface area contributed by atoms with Gasteiger partial charge < -0.3 is 10.3 Å². The normalized spacial score (nSPS) is 11.8. The van der Waals surface area contributed by atoms with Crippen molar-refractivity contribution in [2.24, 2.45) is 0 Å². The average Bonchev–Trinajstić information content (AvgIpc) is 3.06. The molecule has 12 heteroatoms. The second-order valence-corrected chi connectivity index (χ2v) is 7.55. The molecule has 2 aromatic heterocycles. The zero-order valence-corrected chi connectivity index (χ0v) is 14.9. The third-order valence-corrected chi connectivity index (χ3v) is 5.90. The number of benzene rings is 1. The highest BCUT2D eigenvalue weighted by atomic mass is 35.5. The van der Waals surface area contributed by atoms with Crippen molar-refractivity contribution in [1.29, 1.82) is 0 Å². The molecule has 0 spiro atoms. The van der Waals surface area contributed by atoms with Crippen LogP contribution in [-0.4, -0.2) is 22.7 Å². The Labute approximate surface area is 151 Å².